The van der Waals surface area contributed by atoms with Crippen molar-refractivity contribution in [2.24, 2.45) is 4.99 Å². The largest absolute Gasteiger partial charge is 0.357 e. The van der Waals surface area contributed by atoms with Crippen molar-refractivity contribution in [3.63, 3.8) is 0 Å². The van der Waals surface area contributed by atoms with Crippen LogP contribution in [0.1, 0.15) is 44.9 Å². The summed E-state index contributed by atoms with van der Waals surface area (Å²) < 4.78 is 5.35. The number of likely N-dealkylation sites (tertiary alicyclic amines) is 1. The van der Waals surface area contributed by atoms with Crippen LogP contribution in [0.2, 0.25) is 5.02 Å². The van der Waals surface area contributed by atoms with Crippen LogP contribution in [0.3, 0.4) is 0 Å². The van der Waals surface area contributed by atoms with Gasteiger partial charge in [0, 0.05) is 56.2 Å². The number of hydrogen-bond donors (Lipinski definition) is 2. The first-order valence-corrected chi connectivity index (χ1v) is 11.4. The Morgan fingerprint density at radius 2 is 2.06 bits per heavy atom. The molecule has 1 amide bonds. The summed E-state index contributed by atoms with van der Waals surface area (Å²) in [4.78, 5) is 23.1. The Labute approximate surface area is 188 Å². The van der Waals surface area contributed by atoms with Gasteiger partial charge in [0.05, 0.1) is 0 Å². The summed E-state index contributed by atoms with van der Waals surface area (Å²) in [6, 6.07) is 7.33. The van der Waals surface area contributed by atoms with Gasteiger partial charge in [0.15, 0.2) is 5.96 Å². The minimum Gasteiger partial charge on any atom is -0.357 e. The lowest BCUT2D eigenvalue weighted by molar-refractivity contribution is -0.130. The van der Waals surface area contributed by atoms with Crippen molar-refractivity contribution in [2.75, 3.05) is 32.7 Å². The fraction of sp³-hybridized carbons (Fsp3) is 0.545. The van der Waals surface area contributed by atoms with E-state index in [0.29, 0.717) is 42.7 Å². The van der Waals surface area contributed by atoms with E-state index in [2.05, 4.69) is 25.8 Å². The minimum atomic E-state index is 0.282. The van der Waals surface area contributed by atoms with E-state index in [0.717, 1.165) is 56.8 Å². The molecule has 8 nitrogen and oxygen atoms in total. The Bertz CT molecular complexity index is 852. The van der Waals surface area contributed by atoms with Crippen LogP contribution >= 0.6 is 11.6 Å². The van der Waals surface area contributed by atoms with Crippen molar-refractivity contribution < 1.29 is 9.32 Å². The summed E-state index contributed by atoms with van der Waals surface area (Å²) in [5, 5.41) is 11.2. The summed E-state index contributed by atoms with van der Waals surface area (Å²) in [6.45, 7) is 5.75. The van der Waals surface area contributed by atoms with Crippen LogP contribution in [0.5, 0.6) is 0 Å². The molecule has 0 radical (unpaired) electrons. The second-order valence-corrected chi connectivity index (χ2v) is 7.94. The molecule has 2 aromatic rings. The molecule has 3 rings (SSSR count). The summed E-state index contributed by atoms with van der Waals surface area (Å²) >= 11 is 5.92. The number of hydrogen-bond acceptors (Lipinski definition) is 5. The third kappa shape index (κ3) is 7.54. The maximum atomic E-state index is 12.1. The Balaban J connectivity index is 1.42. The van der Waals surface area contributed by atoms with Crippen LogP contribution in [0.15, 0.2) is 33.8 Å². The van der Waals surface area contributed by atoms with Crippen LogP contribution in [0.4, 0.5) is 0 Å². The van der Waals surface area contributed by atoms with Gasteiger partial charge in [-0.3, -0.25) is 9.79 Å². The van der Waals surface area contributed by atoms with Gasteiger partial charge >= 0.3 is 0 Å². The molecule has 1 aliphatic heterocycles. The van der Waals surface area contributed by atoms with Crippen molar-refractivity contribution >= 4 is 23.5 Å². The zero-order chi connectivity index (χ0) is 21.9. The van der Waals surface area contributed by atoms with Gasteiger partial charge in [-0.15, -0.1) is 0 Å². The number of amides is 1. The number of benzene rings is 1. The molecule has 1 aliphatic rings. The standard InChI is InChI=1S/C22H31ClN6O2/c1-2-24-22(25-13-6-16-29-15-5-3-4-7-20(29)30)26-14-12-19-27-21(28-31-19)17-8-10-18(23)11-9-17/h8-11H,2-7,12-16H2,1H3,(H2,24,25,26). The second-order valence-electron chi connectivity index (χ2n) is 7.50. The number of carbonyl (C=O) groups is 1. The number of aliphatic imine (C=N–C) groups is 1. The quantitative estimate of drug-likeness (QED) is 0.348. The topological polar surface area (TPSA) is 95.7 Å². The molecule has 0 saturated carbocycles. The van der Waals surface area contributed by atoms with E-state index in [-0.39, 0.29) is 5.91 Å². The molecule has 0 bridgehead atoms. The van der Waals surface area contributed by atoms with Crippen molar-refractivity contribution in [1.82, 2.24) is 25.7 Å². The highest BCUT2D eigenvalue weighted by Crippen LogP contribution is 2.18. The van der Waals surface area contributed by atoms with Gasteiger partial charge in [-0.05, 0) is 50.5 Å². The summed E-state index contributed by atoms with van der Waals surface area (Å²) in [6.07, 6.45) is 5.40. The molecule has 0 atom stereocenters. The van der Waals surface area contributed by atoms with E-state index in [1.54, 1.807) is 12.1 Å². The number of rotatable bonds is 9. The van der Waals surface area contributed by atoms with Crippen molar-refractivity contribution in [3.05, 3.63) is 35.2 Å². The smallest absolute Gasteiger partial charge is 0.228 e. The lowest BCUT2D eigenvalue weighted by Crippen LogP contribution is -2.38. The van der Waals surface area contributed by atoms with Gasteiger partial charge in [0.2, 0.25) is 17.6 Å². The molecule has 1 aromatic carbocycles. The van der Waals surface area contributed by atoms with Gasteiger partial charge in [0.25, 0.3) is 0 Å². The van der Waals surface area contributed by atoms with E-state index < -0.39 is 0 Å². The monoisotopic (exact) mass is 446 g/mol. The number of nitrogens with one attached hydrogen (secondary N) is 2. The van der Waals surface area contributed by atoms with Crippen molar-refractivity contribution in [2.45, 2.75) is 45.4 Å². The zero-order valence-electron chi connectivity index (χ0n) is 18.1. The Morgan fingerprint density at radius 1 is 1.23 bits per heavy atom. The first-order valence-electron chi connectivity index (χ1n) is 11.0. The Morgan fingerprint density at radius 3 is 2.87 bits per heavy atom. The van der Waals surface area contributed by atoms with Crippen LogP contribution in [0, 0.1) is 0 Å². The summed E-state index contributed by atoms with van der Waals surface area (Å²) in [7, 11) is 0. The Hall–Kier alpha value is -2.61. The van der Waals surface area contributed by atoms with Crippen molar-refractivity contribution in [3.8, 4) is 11.4 Å². The first kappa shape index (κ1) is 23.1. The minimum absolute atomic E-state index is 0.282. The normalized spacial score (nSPS) is 15.1. The highest BCUT2D eigenvalue weighted by molar-refractivity contribution is 6.30. The summed E-state index contributed by atoms with van der Waals surface area (Å²) in [5.41, 5.74) is 0.866. The third-order valence-corrected chi connectivity index (χ3v) is 5.33. The average Bonchev–Trinajstić information content (AvgIpc) is 3.14. The molecular weight excluding hydrogens is 416 g/mol. The predicted octanol–water partition coefficient (Wildman–Crippen LogP) is 3.28. The predicted molar refractivity (Wildman–Crippen MR) is 122 cm³/mol. The van der Waals surface area contributed by atoms with E-state index >= 15 is 0 Å². The number of carbonyl (C=O) groups excluding carboxylic acids is 1. The fourth-order valence-corrected chi connectivity index (χ4v) is 3.56. The Kier molecular flexibility index (Phi) is 9.15. The second kappa shape index (κ2) is 12.3. The molecule has 0 spiro atoms. The maximum absolute atomic E-state index is 12.1. The van der Waals surface area contributed by atoms with E-state index in [1.165, 1.54) is 0 Å². The van der Waals surface area contributed by atoms with E-state index in [4.69, 9.17) is 16.1 Å². The highest BCUT2D eigenvalue weighted by Gasteiger charge is 2.15. The maximum Gasteiger partial charge on any atom is 0.228 e. The van der Waals surface area contributed by atoms with Gasteiger partial charge in [-0.1, -0.05) is 23.2 Å². The molecule has 0 unspecified atom stereocenters. The van der Waals surface area contributed by atoms with Crippen molar-refractivity contribution in [1.29, 1.82) is 0 Å². The molecule has 9 heteroatoms. The first-order chi connectivity index (χ1) is 15.2. The molecule has 2 heterocycles. The van der Waals surface area contributed by atoms with E-state index in [9.17, 15) is 4.79 Å². The average molecular weight is 447 g/mol. The van der Waals surface area contributed by atoms with Crippen LogP contribution in [-0.2, 0) is 11.2 Å². The molecule has 31 heavy (non-hydrogen) atoms. The number of guanidine groups is 1. The highest BCUT2D eigenvalue weighted by atomic mass is 35.5. The molecule has 168 valence electrons. The van der Waals surface area contributed by atoms with Crippen LogP contribution < -0.4 is 10.6 Å². The lowest BCUT2D eigenvalue weighted by atomic mass is 10.2. The molecule has 1 aromatic heterocycles. The van der Waals surface area contributed by atoms with Crippen LogP contribution in [-0.4, -0.2) is 59.6 Å². The van der Waals surface area contributed by atoms with Gasteiger partial charge in [-0.2, -0.15) is 4.98 Å². The molecule has 1 saturated heterocycles. The van der Waals surface area contributed by atoms with Gasteiger partial charge < -0.3 is 20.1 Å². The lowest BCUT2D eigenvalue weighted by Gasteiger charge is -2.20. The number of nitrogens with zero attached hydrogens (tertiary/aromatic N) is 4. The van der Waals surface area contributed by atoms with Crippen LogP contribution in [0.25, 0.3) is 11.4 Å². The summed E-state index contributed by atoms with van der Waals surface area (Å²) in [5.74, 6) is 2.15. The molecular formula is C22H31ClN6O2. The number of aromatic nitrogens is 2. The van der Waals surface area contributed by atoms with Gasteiger partial charge in [0.1, 0.15) is 0 Å². The molecule has 1 fully saturated rings. The number of halogens is 1. The van der Waals surface area contributed by atoms with E-state index in [1.807, 2.05) is 24.0 Å². The zero-order valence-corrected chi connectivity index (χ0v) is 18.8. The fourth-order valence-electron chi connectivity index (χ4n) is 3.43. The third-order valence-electron chi connectivity index (χ3n) is 5.07. The molecule has 0 aliphatic carbocycles. The molecule has 2 N–H and O–H groups in total. The van der Waals surface area contributed by atoms with Gasteiger partial charge in [-0.25, -0.2) is 0 Å². The SMILES string of the molecule is CCNC(=NCCCN1CCCCCC1=O)NCCc1nc(-c2ccc(Cl)cc2)no1.